The van der Waals surface area contributed by atoms with E-state index in [0.29, 0.717) is 6.61 Å². The first kappa shape index (κ1) is 9.18. The van der Waals surface area contributed by atoms with Crippen LogP contribution in [0.2, 0.25) is 0 Å². The standard InChI is InChI=1S/C10H13N3O/c1-14-6-8(11)7-4-10-9(13-5-7)2-3-12-10/h2-5,8,12H,6,11H2,1H3. The van der Waals surface area contributed by atoms with Crippen LogP contribution in [0.1, 0.15) is 11.6 Å². The molecule has 74 valence electrons. The Balaban J connectivity index is 2.33. The molecule has 4 heteroatoms. The van der Waals surface area contributed by atoms with Gasteiger partial charge in [0.05, 0.1) is 23.7 Å². The normalized spacial score (nSPS) is 13.3. The minimum atomic E-state index is -0.111. The number of ether oxygens (including phenoxy) is 1. The number of rotatable bonds is 3. The summed E-state index contributed by atoms with van der Waals surface area (Å²) in [5.74, 6) is 0. The smallest absolute Gasteiger partial charge is 0.0878 e. The van der Waals surface area contributed by atoms with E-state index in [1.54, 1.807) is 13.3 Å². The van der Waals surface area contributed by atoms with Gasteiger partial charge in [0.1, 0.15) is 0 Å². The van der Waals surface area contributed by atoms with Crippen LogP contribution < -0.4 is 5.73 Å². The fourth-order valence-corrected chi connectivity index (χ4v) is 1.43. The van der Waals surface area contributed by atoms with E-state index in [4.69, 9.17) is 10.5 Å². The average molecular weight is 191 g/mol. The molecule has 2 heterocycles. The number of pyridine rings is 1. The van der Waals surface area contributed by atoms with Crippen LogP contribution in [0.25, 0.3) is 11.0 Å². The van der Waals surface area contributed by atoms with Gasteiger partial charge in [-0.2, -0.15) is 0 Å². The lowest BCUT2D eigenvalue weighted by atomic mass is 10.1. The van der Waals surface area contributed by atoms with Crippen LogP contribution in [0.15, 0.2) is 24.5 Å². The number of hydrogen-bond acceptors (Lipinski definition) is 3. The highest BCUT2D eigenvalue weighted by Gasteiger charge is 2.06. The number of nitrogens with two attached hydrogens (primary N) is 1. The molecule has 3 N–H and O–H groups in total. The fraction of sp³-hybridized carbons (Fsp3) is 0.300. The van der Waals surface area contributed by atoms with E-state index < -0.39 is 0 Å². The summed E-state index contributed by atoms with van der Waals surface area (Å²) in [6.45, 7) is 0.508. The van der Waals surface area contributed by atoms with Crippen molar-refractivity contribution in [1.29, 1.82) is 0 Å². The number of nitrogens with zero attached hydrogens (tertiary/aromatic N) is 1. The van der Waals surface area contributed by atoms with Crippen LogP contribution >= 0.6 is 0 Å². The molecule has 0 amide bonds. The second kappa shape index (κ2) is 3.77. The number of nitrogens with one attached hydrogen (secondary N) is 1. The lowest BCUT2D eigenvalue weighted by Gasteiger charge is -2.09. The zero-order valence-corrected chi connectivity index (χ0v) is 8.03. The van der Waals surface area contributed by atoms with Gasteiger partial charge in [-0.1, -0.05) is 0 Å². The highest BCUT2D eigenvalue weighted by Crippen LogP contribution is 2.15. The molecule has 4 nitrogen and oxygen atoms in total. The predicted octanol–water partition coefficient (Wildman–Crippen LogP) is 1.21. The topological polar surface area (TPSA) is 63.9 Å². The maximum atomic E-state index is 5.89. The van der Waals surface area contributed by atoms with Gasteiger partial charge in [-0.3, -0.25) is 4.98 Å². The Morgan fingerprint density at radius 1 is 1.64 bits per heavy atom. The third kappa shape index (κ3) is 1.62. The first-order chi connectivity index (χ1) is 6.81. The van der Waals surface area contributed by atoms with E-state index in [-0.39, 0.29) is 6.04 Å². The molecule has 1 unspecified atom stereocenters. The second-order valence-corrected chi connectivity index (χ2v) is 3.24. The SMILES string of the molecule is COCC(N)c1cnc2cc[nH]c2c1. The minimum absolute atomic E-state index is 0.111. The van der Waals surface area contributed by atoms with Gasteiger partial charge in [-0.15, -0.1) is 0 Å². The highest BCUT2D eigenvalue weighted by atomic mass is 16.5. The molecule has 0 saturated carbocycles. The number of hydrogen-bond donors (Lipinski definition) is 2. The summed E-state index contributed by atoms with van der Waals surface area (Å²) >= 11 is 0. The molecule has 2 rings (SSSR count). The molecule has 0 saturated heterocycles. The maximum Gasteiger partial charge on any atom is 0.0878 e. The number of fused-ring (bicyclic) bond motifs is 1. The van der Waals surface area contributed by atoms with Crippen LogP contribution in [0.5, 0.6) is 0 Å². The summed E-state index contributed by atoms with van der Waals surface area (Å²) in [6.07, 6.45) is 3.66. The third-order valence-corrected chi connectivity index (χ3v) is 2.19. The van der Waals surface area contributed by atoms with Crippen molar-refractivity contribution in [3.05, 3.63) is 30.1 Å². The van der Waals surface area contributed by atoms with E-state index in [2.05, 4.69) is 9.97 Å². The van der Waals surface area contributed by atoms with Crippen molar-refractivity contribution in [2.24, 2.45) is 5.73 Å². The van der Waals surface area contributed by atoms with Crippen molar-refractivity contribution in [3.8, 4) is 0 Å². The Hall–Kier alpha value is -1.39. The maximum absolute atomic E-state index is 5.89. The molecule has 2 aromatic rings. The van der Waals surface area contributed by atoms with Crippen LogP contribution in [-0.2, 0) is 4.74 Å². The Labute approximate surface area is 82.1 Å². The van der Waals surface area contributed by atoms with Crippen molar-refractivity contribution in [2.45, 2.75) is 6.04 Å². The number of methoxy groups -OCH3 is 1. The molecule has 0 aliphatic heterocycles. The van der Waals surface area contributed by atoms with Crippen molar-refractivity contribution in [3.63, 3.8) is 0 Å². The quantitative estimate of drug-likeness (QED) is 0.766. The molecule has 0 aromatic carbocycles. The van der Waals surface area contributed by atoms with Gasteiger partial charge in [0, 0.05) is 19.5 Å². The van der Waals surface area contributed by atoms with Gasteiger partial charge < -0.3 is 15.5 Å². The molecule has 14 heavy (non-hydrogen) atoms. The lowest BCUT2D eigenvalue weighted by molar-refractivity contribution is 0.181. The molecule has 0 aliphatic carbocycles. The molecule has 2 aromatic heterocycles. The molecular formula is C10H13N3O. The van der Waals surface area contributed by atoms with Crippen LogP contribution in [0.4, 0.5) is 0 Å². The van der Waals surface area contributed by atoms with Gasteiger partial charge in [0.2, 0.25) is 0 Å². The van der Waals surface area contributed by atoms with Crippen molar-refractivity contribution in [2.75, 3.05) is 13.7 Å². The van der Waals surface area contributed by atoms with Gasteiger partial charge in [-0.05, 0) is 17.7 Å². The summed E-state index contributed by atoms with van der Waals surface area (Å²) in [5.41, 5.74) is 8.84. The van der Waals surface area contributed by atoms with E-state index in [9.17, 15) is 0 Å². The average Bonchev–Trinajstić information content (AvgIpc) is 2.64. The molecule has 0 bridgehead atoms. The van der Waals surface area contributed by atoms with E-state index in [0.717, 1.165) is 16.6 Å². The number of H-pyrrole nitrogens is 1. The summed E-state index contributed by atoms with van der Waals surface area (Å²) in [7, 11) is 1.64. The van der Waals surface area contributed by atoms with Gasteiger partial charge >= 0.3 is 0 Å². The van der Waals surface area contributed by atoms with E-state index >= 15 is 0 Å². The summed E-state index contributed by atoms with van der Waals surface area (Å²) < 4.78 is 4.99. The van der Waals surface area contributed by atoms with Crippen molar-refractivity contribution >= 4 is 11.0 Å². The number of aromatic amines is 1. The monoisotopic (exact) mass is 191 g/mol. The second-order valence-electron chi connectivity index (χ2n) is 3.24. The molecule has 0 radical (unpaired) electrons. The molecule has 0 fully saturated rings. The van der Waals surface area contributed by atoms with Crippen LogP contribution in [0, 0.1) is 0 Å². The Bertz CT molecular complexity index is 424. The van der Waals surface area contributed by atoms with Gasteiger partial charge in [0.15, 0.2) is 0 Å². The zero-order chi connectivity index (χ0) is 9.97. The summed E-state index contributed by atoms with van der Waals surface area (Å²) in [5, 5.41) is 0. The Morgan fingerprint density at radius 3 is 3.29 bits per heavy atom. The first-order valence-electron chi connectivity index (χ1n) is 4.49. The van der Waals surface area contributed by atoms with Gasteiger partial charge in [0.25, 0.3) is 0 Å². The first-order valence-corrected chi connectivity index (χ1v) is 4.49. The molecule has 1 atom stereocenters. The summed E-state index contributed by atoms with van der Waals surface area (Å²) in [6, 6.07) is 3.83. The van der Waals surface area contributed by atoms with Crippen LogP contribution in [-0.4, -0.2) is 23.7 Å². The van der Waals surface area contributed by atoms with E-state index in [1.165, 1.54) is 0 Å². The Morgan fingerprint density at radius 2 is 2.50 bits per heavy atom. The van der Waals surface area contributed by atoms with Gasteiger partial charge in [-0.25, -0.2) is 0 Å². The van der Waals surface area contributed by atoms with Crippen LogP contribution in [0.3, 0.4) is 0 Å². The molecule has 0 spiro atoms. The third-order valence-electron chi connectivity index (χ3n) is 2.19. The minimum Gasteiger partial charge on any atom is -0.383 e. The van der Waals surface area contributed by atoms with E-state index in [1.807, 2.05) is 18.3 Å². The van der Waals surface area contributed by atoms with Crippen molar-refractivity contribution in [1.82, 2.24) is 9.97 Å². The lowest BCUT2D eigenvalue weighted by Crippen LogP contribution is -2.16. The number of aromatic nitrogens is 2. The molecule has 0 aliphatic rings. The predicted molar refractivity (Wildman–Crippen MR) is 54.9 cm³/mol. The zero-order valence-electron chi connectivity index (χ0n) is 8.03. The fourth-order valence-electron chi connectivity index (χ4n) is 1.43. The largest absolute Gasteiger partial charge is 0.383 e. The molecular weight excluding hydrogens is 178 g/mol. The Kier molecular flexibility index (Phi) is 2.47. The highest BCUT2D eigenvalue weighted by molar-refractivity contribution is 5.75. The summed E-state index contributed by atoms with van der Waals surface area (Å²) in [4.78, 5) is 7.38. The van der Waals surface area contributed by atoms with Crippen molar-refractivity contribution < 1.29 is 4.74 Å².